The highest BCUT2D eigenvalue weighted by Crippen LogP contribution is 2.39. The van der Waals surface area contributed by atoms with Crippen LogP contribution in [0.15, 0.2) is 18.2 Å². The molecule has 16 heavy (non-hydrogen) atoms. The fraction of sp³-hybridized carbons (Fsp3) is 0.400. The van der Waals surface area contributed by atoms with Crippen molar-refractivity contribution in [3.63, 3.8) is 0 Å². The van der Waals surface area contributed by atoms with E-state index in [0.29, 0.717) is 3.57 Å². The summed E-state index contributed by atoms with van der Waals surface area (Å²) in [5.74, 6) is 0.171. The third kappa shape index (κ3) is 3.00. The van der Waals surface area contributed by atoms with E-state index in [1.54, 1.807) is 6.07 Å². The third-order valence-electron chi connectivity index (χ3n) is 2.01. The minimum absolute atomic E-state index is 0.00981. The van der Waals surface area contributed by atoms with Crippen LogP contribution in [0.1, 0.15) is 11.7 Å². The van der Waals surface area contributed by atoms with E-state index < -0.39 is 12.3 Å². The van der Waals surface area contributed by atoms with E-state index >= 15 is 0 Å². The van der Waals surface area contributed by atoms with Crippen LogP contribution in [0.2, 0.25) is 0 Å². The number of ether oxygens (including phenoxy) is 2. The Morgan fingerprint density at radius 3 is 2.31 bits per heavy atom. The van der Waals surface area contributed by atoms with Gasteiger partial charge in [0.2, 0.25) is 0 Å². The minimum atomic E-state index is -4.45. The lowest BCUT2D eigenvalue weighted by Gasteiger charge is -2.21. The molecule has 1 atom stereocenters. The van der Waals surface area contributed by atoms with Gasteiger partial charge in [-0.15, -0.1) is 0 Å². The van der Waals surface area contributed by atoms with Crippen LogP contribution in [0.3, 0.4) is 0 Å². The Kier molecular flexibility index (Phi) is 4.43. The number of halogens is 4. The first-order chi connectivity index (χ1) is 7.40. The van der Waals surface area contributed by atoms with E-state index in [2.05, 4.69) is 4.74 Å². The largest absolute Gasteiger partial charge is 0.496 e. The third-order valence-corrected chi connectivity index (χ3v) is 2.68. The molecular formula is C10H10F3IO2. The number of hydrogen-bond acceptors (Lipinski definition) is 2. The zero-order valence-electron chi connectivity index (χ0n) is 8.64. The smallest absolute Gasteiger partial charge is 0.418 e. The zero-order chi connectivity index (χ0) is 12.3. The molecule has 0 saturated carbocycles. The van der Waals surface area contributed by atoms with E-state index in [9.17, 15) is 13.2 Å². The molecule has 0 aliphatic carbocycles. The number of rotatable bonds is 3. The van der Waals surface area contributed by atoms with Crippen LogP contribution >= 0.6 is 22.6 Å². The van der Waals surface area contributed by atoms with Gasteiger partial charge in [-0.2, -0.15) is 13.2 Å². The van der Waals surface area contributed by atoms with E-state index in [1.807, 2.05) is 22.6 Å². The summed E-state index contributed by atoms with van der Waals surface area (Å²) in [5, 5.41) is 0. The van der Waals surface area contributed by atoms with Crippen LogP contribution in [0.25, 0.3) is 0 Å². The number of hydrogen-bond donors (Lipinski definition) is 0. The summed E-state index contributed by atoms with van der Waals surface area (Å²) in [6, 6.07) is 4.57. The molecule has 0 radical (unpaired) electrons. The van der Waals surface area contributed by atoms with Gasteiger partial charge in [0.25, 0.3) is 0 Å². The summed E-state index contributed by atoms with van der Waals surface area (Å²) < 4.78 is 48.1. The quantitative estimate of drug-likeness (QED) is 0.780. The molecule has 1 aromatic rings. The Bertz CT molecular complexity index is 366. The highest BCUT2D eigenvalue weighted by molar-refractivity contribution is 14.1. The highest BCUT2D eigenvalue weighted by atomic mass is 127. The summed E-state index contributed by atoms with van der Waals surface area (Å²) in [6.07, 6.45) is -6.41. The molecule has 90 valence electrons. The second kappa shape index (κ2) is 5.22. The van der Waals surface area contributed by atoms with Crippen molar-refractivity contribution in [1.29, 1.82) is 0 Å². The summed E-state index contributed by atoms with van der Waals surface area (Å²) in [5.41, 5.74) is -0.00981. The zero-order valence-corrected chi connectivity index (χ0v) is 10.8. The molecule has 0 heterocycles. The molecule has 0 aromatic heterocycles. The van der Waals surface area contributed by atoms with Crippen molar-refractivity contribution in [2.45, 2.75) is 12.3 Å². The maximum atomic E-state index is 12.7. The Labute approximate surface area is 105 Å². The van der Waals surface area contributed by atoms with Gasteiger partial charge in [0.15, 0.2) is 6.10 Å². The second-order valence-electron chi connectivity index (χ2n) is 3.04. The molecule has 1 unspecified atom stereocenters. The van der Waals surface area contributed by atoms with Crippen molar-refractivity contribution in [3.05, 3.63) is 27.3 Å². The van der Waals surface area contributed by atoms with Gasteiger partial charge in [-0.25, -0.2) is 0 Å². The molecule has 6 heteroatoms. The lowest BCUT2D eigenvalue weighted by Crippen LogP contribution is -2.23. The van der Waals surface area contributed by atoms with Crippen molar-refractivity contribution in [1.82, 2.24) is 0 Å². The van der Waals surface area contributed by atoms with E-state index in [4.69, 9.17) is 4.74 Å². The molecular weight excluding hydrogens is 336 g/mol. The summed E-state index contributed by atoms with van der Waals surface area (Å²) in [4.78, 5) is 0. The molecule has 1 rings (SSSR count). The Morgan fingerprint density at radius 2 is 1.88 bits per heavy atom. The molecule has 0 saturated heterocycles. The molecule has 0 spiro atoms. The van der Waals surface area contributed by atoms with Crippen molar-refractivity contribution in [2.24, 2.45) is 0 Å². The molecule has 0 aliphatic rings. The second-order valence-corrected chi connectivity index (χ2v) is 4.29. The monoisotopic (exact) mass is 346 g/mol. The SMILES string of the molecule is COc1ccc(I)cc1C(OC)C(F)(F)F. The molecule has 0 amide bonds. The summed E-state index contributed by atoms with van der Waals surface area (Å²) >= 11 is 1.94. The Morgan fingerprint density at radius 1 is 1.25 bits per heavy atom. The minimum Gasteiger partial charge on any atom is -0.496 e. The van der Waals surface area contributed by atoms with Gasteiger partial charge in [-0.05, 0) is 40.8 Å². The van der Waals surface area contributed by atoms with Gasteiger partial charge in [-0.1, -0.05) is 0 Å². The predicted octanol–water partition coefficient (Wildman–Crippen LogP) is 3.55. The van der Waals surface area contributed by atoms with Crippen LogP contribution in [0, 0.1) is 3.57 Å². The van der Waals surface area contributed by atoms with Crippen molar-refractivity contribution in [3.8, 4) is 5.75 Å². The summed E-state index contributed by atoms with van der Waals surface area (Å²) in [6.45, 7) is 0. The molecule has 2 nitrogen and oxygen atoms in total. The maximum Gasteiger partial charge on any atom is 0.418 e. The lowest BCUT2D eigenvalue weighted by atomic mass is 10.1. The fourth-order valence-electron chi connectivity index (χ4n) is 1.35. The van der Waals surface area contributed by atoms with E-state index in [1.165, 1.54) is 19.2 Å². The first kappa shape index (κ1) is 13.6. The molecule has 0 fully saturated rings. The lowest BCUT2D eigenvalue weighted by molar-refractivity contribution is -0.216. The average Bonchev–Trinajstić information content (AvgIpc) is 2.17. The molecule has 0 N–H and O–H groups in total. The van der Waals surface area contributed by atoms with Crippen molar-refractivity contribution >= 4 is 22.6 Å². The standard InChI is InChI=1S/C10H10F3IO2/c1-15-8-4-3-6(14)5-7(8)9(16-2)10(11,12)13/h3-5,9H,1-2H3. The number of benzene rings is 1. The molecule has 0 bridgehead atoms. The number of alkyl halides is 3. The van der Waals surface area contributed by atoms with Crippen LogP contribution in [-0.2, 0) is 4.74 Å². The van der Waals surface area contributed by atoms with Crippen molar-refractivity contribution < 1.29 is 22.6 Å². The first-order valence-corrected chi connectivity index (χ1v) is 5.41. The van der Waals surface area contributed by atoms with Gasteiger partial charge in [-0.3, -0.25) is 0 Å². The van der Waals surface area contributed by atoms with Crippen LogP contribution in [0.5, 0.6) is 5.75 Å². The van der Waals surface area contributed by atoms with Crippen molar-refractivity contribution in [2.75, 3.05) is 14.2 Å². The maximum absolute atomic E-state index is 12.7. The summed E-state index contributed by atoms with van der Waals surface area (Å²) in [7, 11) is 2.35. The predicted molar refractivity (Wildman–Crippen MR) is 61.5 cm³/mol. The van der Waals surface area contributed by atoms with Gasteiger partial charge in [0.1, 0.15) is 5.75 Å². The van der Waals surface area contributed by atoms with Gasteiger partial charge < -0.3 is 9.47 Å². The van der Waals surface area contributed by atoms with Gasteiger partial charge in [0.05, 0.1) is 7.11 Å². The fourth-order valence-corrected chi connectivity index (χ4v) is 1.86. The molecule has 0 aliphatic heterocycles. The van der Waals surface area contributed by atoms with E-state index in [-0.39, 0.29) is 11.3 Å². The van der Waals surface area contributed by atoms with Crippen LogP contribution < -0.4 is 4.74 Å². The highest BCUT2D eigenvalue weighted by Gasteiger charge is 2.42. The van der Waals surface area contributed by atoms with Gasteiger partial charge >= 0.3 is 6.18 Å². The van der Waals surface area contributed by atoms with Gasteiger partial charge in [0, 0.05) is 16.2 Å². The molecule has 1 aromatic carbocycles. The first-order valence-electron chi connectivity index (χ1n) is 4.33. The number of methoxy groups -OCH3 is 2. The normalized spacial score (nSPS) is 13.6. The topological polar surface area (TPSA) is 18.5 Å². The Balaban J connectivity index is 3.23. The Hall–Kier alpha value is -0.500. The van der Waals surface area contributed by atoms with Crippen LogP contribution in [-0.4, -0.2) is 20.4 Å². The average molecular weight is 346 g/mol. The van der Waals surface area contributed by atoms with Crippen LogP contribution in [0.4, 0.5) is 13.2 Å². The van der Waals surface area contributed by atoms with E-state index in [0.717, 1.165) is 7.11 Å².